The van der Waals surface area contributed by atoms with E-state index in [2.05, 4.69) is 26.6 Å². The van der Waals surface area contributed by atoms with Gasteiger partial charge in [-0.15, -0.1) is 0 Å². The molecule has 0 aliphatic heterocycles. The van der Waals surface area contributed by atoms with Crippen molar-refractivity contribution in [2.24, 2.45) is 5.73 Å². The highest BCUT2D eigenvalue weighted by Crippen LogP contribution is 2.27. The van der Waals surface area contributed by atoms with E-state index in [9.17, 15) is 9.59 Å². The number of nitrogens with two attached hydrogens (primary N) is 1. The summed E-state index contributed by atoms with van der Waals surface area (Å²) in [5, 5.41) is 5.42. The second kappa shape index (κ2) is 6.58. The van der Waals surface area contributed by atoms with Crippen LogP contribution in [-0.2, 0) is 9.59 Å². The first-order chi connectivity index (χ1) is 9.90. The minimum atomic E-state index is -0.800. The molecule has 114 valence electrons. The van der Waals surface area contributed by atoms with Crippen molar-refractivity contribution in [2.75, 3.05) is 11.9 Å². The molecule has 2 rings (SSSR count). The Morgan fingerprint density at radius 1 is 1.33 bits per heavy atom. The van der Waals surface area contributed by atoms with E-state index in [1.807, 2.05) is 25.1 Å². The summed E-state index contributed by atoms with van der Waals surface area (Å²) >= 11 is 3.36. The average Bonchev–Trinajstić information content (AvgIpc) is 2.88. The third-order valence-electron chi connectivity index (χ3n) is 3.83. The maximum atomic E-state index is 12.0. The van der Waals surface area contributed by atoms with Crippen molar-refractivity contribution < 1.29 is 9.59 Å². The molecule has 6 heteroatoms. The summed E-state index contributed by atoms with van der Waals surface area (Å²) < 4.78 is 0.888. The molecule has 0 atom stereocenters. The predicted octanol–water partition coefficient (Wildman–Crippen LogP) is 2.08. The van der Waals surface area contributed by atoms with Gasteiger partial charge >= 0.3 is 0 Å². The fourth-order valence-corrected chi connectivity index (χ4v) is 2.85. The summed E-state index contributed by atoms with van der Waals surface area (Å²) in [5.41, 5.74) is 6.93. The van der Waals surface area contributed by atoms with E-state index < -0.39 is 5.54 Å². The quantitative estimate of drug-likeness (QED) is 0.774. The van der Waals surface area contributed by atoms with Gasteiger partial charge in [-0.2, -0.15) is 0 Å². The smallest absolute Gasteiger partial charge is 0.243 e. The van der Waals surface area contributed by atoms with Gasteiger partial charge < -0.3 is 16.4 Å². The molecule has 4 N–H and O–H groups in total. The molecule has 0 heterocycles. The monoisotopic (exact) mass is 353 g/mol. The molecule has 0 bridgehead atoms. The third kappa shape index (κ3) is 4.04. The zero-order valence-corrected chi connectivity index (χ0v) is 13.6. The summed E-state index contributed by atoms with van der Waals surface area (Å²) in [5.74, 6) is -0.493. The third-order valence-corrected chi connectivity index (χ3v) is 4.32. The lowest BCUT2D eigenvalue weighted by Crippen LogP contribution is -2.53. The molecule has 1 aromatic rings. The summed E-state index contributed by atoms with van der Waals surface area (Å²) in [6.07, 6.45) is 3.30. The van der Waals surface area contributed by atoms with Gasteiger partial charge in [0.1, 0.15) is 0 Å². The molecule has 1 aliphatic rings. The number of rotatable bonds is 4. The van der Waals surface area contributed by atoms with Crippen molar-refractivity contribution in [3.63, 3.8) is 0 Å². The van der Waals surface area contributed by atoms with E-state index in [1.165, 1.54) is 0 Å². The number of carbonyl (C=O) groups excluding carboxylic acids is 2. The van der Waals surface area contributed by atoms with Gasteiger partial charge in [0.25, 0.3) is 0 Å². The second-order valence-corrected chi connectivity index (χ2v) is 6.47. The number of hydrogen-bond acceptors (Lipinski definition) is 3. The van der Waals surface area contributed by atoms with E-state index in [4.69, 9.17) is 5.73 Å². The Kier molecular flexibility index (Phi) is 5.00. The zero-order chi connectivity index (χ0) is 15.5. The van der Waals surface area contributed by atoms with Gasteiger partial charge in [0.2, 0.25) is 11.8 Å². The second-order valence-electron chi connectivity index (χ2n) is 5.55. The Morgan fingerprint density at radius 3 is 2.67 bits per heavy atom. The predicted molar refractivity (Wildman–Crippen MR) is 85.9 cm³/mol. The molecule has 0 unspecified atom stereocenters. The number of carbonyl (C=O) groups is 2. The van der Waals surface area contributed by atoms with E-state index in [0.717, 1.165) is 28.6 Å². The minimum absolute atomic E-state index is 0.0657. The first kappa shape index (κ1) is 16.0. The Balaban J connectivity index is 1.87. The molecule has 0 radical (unpaired) electrons. The first-order valence-corrected chi connectivity index (χ1v) is 7.83. The number of amides is 2. The lowest BCUT2D eigenvalue weighted by atomic mass is 9.98. The Labute approximate surface area is 132 Å². The van der Waals surface area contributed by atoms with Crippen LogP contribution in [-0.4, -0.2) is 23.9 Å². The van der Waals surface area contributed by atoms with Crippen LogP contribution in [0.5, 0.6) is 0 Å². The molecule has 1 aliphatic carbocycles. The largest absolute Gasteiger partial charge is 0.345 e. The molecule has 0 saturated heterocycles. The molecule has 21 heavy (non-hydrogen) atoms. The molecule has 0 aromatic heterocycles. The van der Waals surface area contributed by atoms with Crippen molar-refractivity contribution in [3.05, 3.63) is 28.2 Å². The Bertz CT molecular complexity index is 554. The highest BCUT2D eigenvalue weighted by atomic mass is 79.9. The molecule has 1 fully saturated rings. The van der Waals surface area contributed by atoms with Crippen LogP contribution in [0.2, 0.25) is 0 Å². The molecule has 5 nitrogen and oxygen atoms in total. The zero-order valence-electron chi connectivity index (χ0n) is 12.0. The molecule has 1 saturated carbocycles. The highest BCUT2D eigenvalue weighted by Gasteiger charge is 2.36. The Morgan fingerprint density at radius 2 is 2.00 bits per heavy atom. The van der Waals surface area contributed by atoms with Crippen molar-refractivity contribution in [1.82, 2.24) is 5.32 Å². The van der Waals surface area contributed by atoms with Crippen molar-refractivity contribution in [2.45, 2.75) is 38.1 Å². The fourth-order valence-electron chi connectivity index (χ4n) is 2.49. The minimum Gasteiger partial charge on any atom is -0.345 e. The number of benzene rings is 1. The number of anilines is 1. The summed E-state index contributed by atoms with van der Waals surface area (Å²) in [7, 11) is 0. The Hall–Kier alpha value is -1.40. The maximum absolute atomic E-state index is 12.0. The lowest BCUT2D eigenvalue weighted by molar-refractivity contribution is -0.128. The molecular weight excluding hydrogens is 334 g/mol. The van der Waals surface area contributed by atoms with Gasteiger partial charge in [-0.05, 0) is 37.5 Å². The van der Waals surface area contributed by atoms with E-state index in [-0.39, 0.29) is 18.4 Å². The fraction of sp³-hybridized carbons (Fsp3) is 0.467. The van der Waals surface area contributed by atoms with Crippen molar-refractivity contribution in [1.29, 1.82) is 0 Å². The van der Waals surface area contributed by atoms with Crippen LogP contribution in [0.3, 0.4) is 0 Å². The summed E-state index contributed by atoms with van der Waals surface area (Å²) in [6.45, 7) is 1.85. The van der Waals surface area contributed by atoms with Crippen LogP contribution in [0.15, 0.2) is 22.7 Å². The van der Waals surface area contributed by atoms with E-state index in [1.54, 1.807) is 0 Å². The highest BCUT2D eigenvalue weighted by molar-refractivity contribution is 9.10. The van der Waals surface area contributed by atoms with Crippen LogP contribution < -0.4 is 16.4 Å². The van der Waals surface area contributed by atoms with Crippen molar-refractivity contribution in [3.8, 4) is 0 Å². The van der Waals surface area contributed by atoms with Crippen LogP contribution in [0, 0.1) is 6.92 Å². The van der Waals surface area contributed by atoms with Gasteiger partial charge in [0, 0.05) is 10.2 Å². The molecule has 2 amide bonds. The lowest BCUT2D eigenvalue weighted by Gasteiger charge is -2.22. The first-order valence-electron chi connectivity index (χ1n) is 7.04. The number of nitrogens with one attached hydrogen (secondary N) is 2. The van der Waals surface area contributed by atoms with Gasteiger partial charge in [-0.25, -0.2) is 0 Å². The molecular formula is C15H20BrN3O2. The molecule has 0 spiro atoms. The number of hydrogen-bond donors (Lipinski definition) is 3. The normalized spacial score (nSPS) is 16.5. The van der Waals surface area contributed by atoms with Gasteiger partial charge in [-0.1, -0.05) is 34.8 Å². The SMILES string of the molecule is Cc1ccc(Br)cc1NC(=O)CNC(=O)C1(N)CCCC1. The standard InChI is InChI=1S/C15H20BrN3O2/c1-10-4-5-11(16)8-12(10)19-13(20)9-18-14(21)15(17)6-2-3-7-15/h4-5,8H,2-3,6-7,9,17H2,1H3,(H,18,21)(H,19,20). The van der Waals surface area contributed by atoms with Gasteiger partial charge in [0.05, 0.1) is 12.1 Å². The van der Waals surface area contributed by atoms with E-state index in [0.29, 0.717) is 12.8 Å². The van der Waals surface area contributed by atoms with Crippen LogP contribution in [0.1, 0.15) is 31.2 Å². The summed E-state index contributed by atoms with van der Waals surface area (Å²) in [4.78, 5) is 23.9. The van der Waals surface area contributed by atoms with E-state index >= 15 is 0 Å². The van der Waals surface area contributed by atoms with Crippen LogP contribution >= 0.6 is 15.9 Å². The number of halogens is 1. The molecule has 1 aromatic carbocycles. The topological polar surface area (TPSA) is 84.2 Å². The summed E-state index contributed by atoms with van der Waals surface area (Å²) in [6, 6.07) is 5.65. The van der Waals surface area contributed by atoms with Gasteiger partial charge in [-0.3, -0.25) is 9.59 Å². The van der Waals surface area contributed by atoms with Crippen LogP contribution in [0.4, 0.5) is 5.69 Å². The average molecular weight is 354 g/mol. The van der Waals surface area contributed by atoms with Crippen molar-refractivity contribution >= 4 is 33.4 Å². The van der Waals surface area contributed by atoms with Gasteiger partial charge in [0.15, 0.2) is 0 Å². The number of aryl methyl sites for hydroxylation is 1. The van der Waals surface area contributed by atoms with Crippen LogP contribution in [0.25, 0.3) is 0 Å². The maximum Gasteiger partial charge on any atom is 0.243 e.